The molecule has 0 bridgehead atoms. The zero-order chi connectivity index (χ0) is 21.3. The maximum atomic E-state index is 12.6. The summed E-state index contributed by atoms with van der Waals surface area (Å²) in [6.07, 6.45) is 2.92. The second-order valence-corrected chi connectivity index (χ2v) is 8.29. The molecule has 1 aromatic carbocycles. The van der Waals surface area contributed by atoms with Crippen molar-refractivity contribution in [1.82, 2.24) is 29.9 Å². The highest BCUT2D eigenvalue weighted by atomic mass is 35.5. The number of piperidine rings is 1. The summed E-state index contributed by atoms with van der Waals surface area (Å²) in [5.41, 5.74) is 0.946. The van der Waals surface area contributed by atoms with E-state index in [1.165, 1.54) is 0 Å². The lowest BCUT2D eigenvalue weighted by molar-refractivity contribution is -0.132. The van der Waals surface area contributed by atoms with Crippen molar-refractivity contribution in [1.29, 1.82) is 0 Å². The zero-order valence-corrected chi connectivity index (χ0v) is 18.1. The number of fused-ring (bicyclic) bond motifs is 1. The molecule has 8 nitrogen and oxygen atoms in total. The molecule has 158 valence electrons. The van der Waals surface area contributed by atoms with Crippen molar-refractivity contribution >= 4 is 40.3 Å². The molecule has 1 fully saturated rings. The molecule has 1 amide bonds. The van der Waals surface area contributed by atoms with Gasteiger partial charge in [0, 0.05) is 41.0 Å². The van der Waals surface area contributed by atoms with Crippen LogP contribution >= 0.6 is 23.2 Å². The molecule has 3 aromatic rings. The van der Waals surface area contributed by atoms with E-state index in [0.717, 1.165) is 19.3 Å². The average Bonchev–Trinajstić information content (AvgIpc) is 3.14. The number of halogens is 2. The third kappa shape index (κ3) is 4.06. The Balaban J connectivity index is 1.60. The Bertz CT molecular complexity index is 1110. The van der Waals surface area contributed by atoms with Crippen molar-refractivity contribution in [2.45, 2.75) is 45.1 Å². The molecule has 0 unspecified atom stereocenters. The number of nitrogens with one attached hydrogen (secondary N) is 1. The van der Waals surface area contributed by atoms with Gasteiger partial charge in [-0.1, -0.05) is 41.4 Å². The van der Waals surface area contributed by atoms with E-state index in [1.54, 1.807) is 22.9 Å². The number of amides is 1. The van der Waals surface area contributed by atoms with Crippen molar-refractivity contribution < 1.29 is 4.79 Å². The normalized spacial score (nSPS) is 15.1. The van der Waals surface area contributed by atoms with Crippen LogP contribution in [0.4, 0.5) is 0 Å². The number of carbonyl (C=O) groups excluding carboxylic acids is 1. The van der Waals surface area contributed by atoms with Gasteiger partial charge < -0.3 is 9.88 Å². The van der Waals surface area contributed by atoms with Crippen LogP contribution in [0.2, 0.25) is 10.0 Å². The molecule has 2 aromatic heterocycles. The fourth-order valence-electron chi connectivity index (χ4n) is 3.79. The van der Waals surface area contributed by atoms with E-state index in [0.29, 0.717) is 46.6 Å². The summed E-state index contributed by atoms with van der Waals surface area (Å²) in [5, 5.41) is 9.10. The van der Waals surface area contributed by atoms with E-state index in [2.05, 4.69) is 20.3 Å². The third-order valence-electron chi connectivity index (χ3n) is 5.46. The number of benzene rings is 1. The monoisotopic (exact) mass is 448 g/mol. The van der Waals surface area contributed by atoms with Gasteiger partial charge in [-0.3, -0.25) is 9.59 Å². The smallest absolute Gasteiger partial charge is 0.281 e. The summed E-state index contributed by atoms with van der Waals surface area (Å²) in [6, 6.07) is 5.27. The molecule has 0 radical (unpaired) electrons. The van der Waals surface area contributed by atoms with E-state index < -0.39 is 0 Å². The first-order valence-corrected chi connectivity index (χ1v) is 10.8. The molecule has 3 heterocycles. The number of carbonyl (C=O) groups is 1. The molecule has 1 saturated heterocycles. The summed E-state index contributed by atoms with van der Waals surface area (Å²) in [7, 11) is 0. The van der Waals surface area contributed by atoms with E-state index in [1.807, 2.05) is 11.8 Å². The number of likely N-dealkylation sites (tertiary alicyclic amines) is 1. The van der Waals surface area contributed by atoms with Gasteiger partial charge in [-0.25, -0.2) is 9.67 Å². The van der Waals surface area contributed by atoms with Gasteiger partial charge in [-0.2, -0.15) is 0 Å². The Labute approximate surface area is 183 Å². The standard InChI is InChI=1S/C20H22Cl2N6O2/c1-2-4-16(29)27-9-7-12(8-10-27)18-23-19-17(20(30)24-18)25-26-28(19)11-13-14(21)5-3-6-15(13)22/h3,5-6,12H,2,4,7-11H2,1H3,(H,23,24,30). The fourth-order valence-corrected chi connectivity index (χ4v) is 4.31. The first kappa shape index (κ1) is 20.8. The van der Waals surface area contributed by atoms with Gasteiger partial charge in [0.25, 0.3) is 5.56 Å². The van der Waals surface area contributed by atoms with Crippen LogP contribution in [0.25, 0.3) is 11.2 Å². The van der Waals surface area contributed by atoms with E-state index in [4.69, 9.17) is 23.2 Å². The van der Waals surface area contributed by atoms with Gasteiger partial charge in [0.1, 0.15) is 5.82 Å². The van der Waals surface area contributed by atoms with E-state index in [9.17, 15) is 9.59 Å². The lowest BCUT2D eigenvalue weighted by atomic mass is 9.95. The second kappa shape index (κ2) is 8.73. The fraction of sp³-hybridized carbons (Fsp3) is 0.450. The predicted molar refractivity (Wildman–Crippen MR) is 115 cm³/mol. The zero-order valence-electron chi connectivity index (χ0n) is 16.6. The number of hydrogen-bond donors (Lipinski definition) is 1. The lowest BCUT2D eigenvalue weighted by Gasteiger charge is -2.31. The van der Waals surface area contributed by atoms with Crippen molar-refractivity contribution in [2.75, 3.05) is 13.1 Å². The summed E-state index contributed by atoms with van der Waals surface area (Å²) in [5.74, 6) is 0.857. The lowest BCUT2D eigenvalue weighted by Crippen LogP contribution is -2.38. The average molecular weight is 449 g/mol. The van der Waals surface area contributed by atoms with Crippen molar-refractivity contribution in [3.05, 3.63) is 50.0 Å². The summed E-state index contributed by atoms with van der Waals surface area (Å²) >= 11 is 12.6. The van der Waals surface area contributed by atoms with Crippen LogP contribution in [0.3, 0.4) is 0 Å². The Morgan fingerprint density at radius 2 is 1.93 bits per heavy atom. The highest BCUT2D eigenvalue weighted by Crippen LogP contribution is 2.27. The topological polar surface area (TPSA) is 96.8 Å². The van der Waals surface area contributed by atoms with Crippen molar-refractivity contribution in [3.63, 3.8) is 0 Å². The minimum absolute atomic E-state index is 0.0695. The van der Waals surface area contributed by atoms with Gasteiger partial charge in [0.15, 0.2) is 11.2 Å². The molecular weight excluding hydrogens is 427 g/mol. The van der Waals surface area contributed by atoms with Crippen LogP contribution in [0.1, 0.15) is 49.9 Å². The number of nitrogens with zero attached hydrogens (tertiary/aromatic N) is 5. The van der Waals surface area contributed by atoms with Gasteiger partial charge in [-0.15, -0.1) is 5.10 Å². The Morgan fingerprint density at radius 1 is 1.23 bits per heavy atom. The largest absolute Gasteiger partial charge is 0.343 e. The summed E-state index contributed by atoms with van der Waals surface area (Å²) < 4.78 is 1.54. The van der Waals surface area contributed by atoms with Crippen molar-refractivity contribution in [2.24, 2.45) is 0 Å². The van der Waals surface area contributed by atoms with Gasteiger partial charge >= 0.3 is 0 Å². The molecule has 1 N–H and O–H groups in total. The minimum Gasteiger partial charge on any atom is -0.343 e. The number of aromatic nitrogens is 5. The molecule has 1 aliphatic rings. The molecular formula is C20H22Cl2N6O2. The van der Waals surface area contributed by atoms with Crippen LogP contribution in [0, 0.1) is 0 Å². The molecule has 30 heavy (non-hydrogen) atoms. The highest BCUT2D eigenvalue weighted by molar-refractivity contribution is 6.36. The van der Waals surface area contributed by atoms with Crippen LogP contribution in [-0.4, -0.2) is 48.9 Å². The van der Waals surface area contributed by atoms with Crippen LogP contribution in [0.15, 0.2) is 23.0 Å². The van der Waals surface area contributed by atoms with Crippen molar-refractivity contribution in [3.8, 4) is 0 Å². The Morgan fingerprint density at radius 3 is 2.60 bits per heavy atom. The van der Waals surface area contributed by atoms with Crippen LogP contribution < -0.4 is 5.56 Å². The number of hydrogen-bond acceptors (Lipinski definition) is 5. The number of H-pyrrole nitrogens is 1. The quantitative estimate of drug-likeness (QED) is 0.644. The van der Waals surface area contributed by atoms with Gasteiger partial charge in [0.05, 0.1) is 6.54 Å². The van der Waals surface area contributed by atoms with Crippen LogP contribution in [-0.2, 0) is 11.3 Å². The van der Waals surface area contributed by atoms with Crippen LogP contribution in [0.5, 0.6) is 0 Å². The Hall–Kier alpha value is -2.45. The van der Waals surface area contributed by atoms with Gasteiger partial charge in [-0.05, 0) is 31.4 Å². The summed E-state index contributed by atoms with van der Waals surface area (Å²) in [6.45, 7) is 3.59. The predicted octanol–water partition coefficient (Wildman–Crippen LogP) is 3.38. The molecule has 4 rings (SSSR count). The number of aromatic amines is 1. The van der Waals surface area contributed by atoms with E-state index >= 15 is 0 Å². The molecule has 0 aliphatic carbocycles. The molecule has 0 atom stereocenters. The number of rotatable bonds is 5. The highest BCUT2D eigenvalue weighted by Gasteiger charge is 2.26. The first-order valence-electron chi connectivity index (χ1n) is 10.0. The molecule has 10 heteroatoms. The maximum absolute atomic E-state index is 12.6. The molecule has 0 spiro atoms. The summed E-state index contributed by atoms with van der Waals surface area (Å²) in [4.78, 5) is 34.1. The minimum atomic E-state index is -0.323. The van der Waals surface area contributed by atoms with E-state index in [-0.39, 0.29) is 29.4 Å². The SMILES string of the molecule is CCCC(=O)N1CCC(c2nc3c(nnn3Cc3c(Cl)cccc3Cl)c(=O)[nH]2)CC1. The molecule has 0 saturated carbocycles. The maximum Gasteiger partial charge on any atom is 0.281 e. The second-order valence-electron chi connectivity index (χ2n) is 7.48. The molecule has 1 aliphatic heterocycles. The van der Waals surface area contributed by atoms with Gasteiger partial charge in [0.2, 0.25) is 5.91 Å². The third-order valence-corrected chi connectivity index (χ3v) is 6.17. The Kier molecular flexibility index (Phi) is 6.06. The first-order chi connectivity index (χ1) is 14.5.